The molecule has 1 rings (SSSR count). The fourth-order valence-corrected chi connectivity index (χ4v) is 0.755. The molecule has 0 unspecified atom stereocenters. The van der Waals surface area contributed by atoms with Crippen molar-refractivity contribution in [2.45, 2.75) is 0 Å². The number of nitrogens with zero attached hydrogens (tertiary/aromatic N) is 1. The first-order valence-corrected chi connectivity index (χ1v) is 3.02. The zero-order chi connectivity index (χ0) is 8.27. The highest BCUT2D eigenvalue weighted by Gasteiger charge is 2.04. The second-order valence-corrected chi connectivity index (χ2v) is 1.96. The molecule has 0 aliphatic heterocycles. The van der Waals surface area contributed by atoms with Crippen molar-refractivity contribution in [3.63, 3.8) is 0 Å². The van der Waals surface area contributed by atoms with Crippen LogP contribution in [0.25, 0.3) is 0 Å². The van der Waals surface area contributed by atoms with Gasteiger partial charge in [-0.2, -0.15) is 0 Å². The van der Waals surface area contributed by atoms with E-state index in [0.29, 0.717) is 23.3 Å². The van der Waals surface area contributed by atoms with E-state index in [1.54, 1.807) is 0 Å². The Morgan fingerprint density at radius 1 is 1.64 bits per heavy atom. The highest BCUT2D eigenvalue weighted by Crippen LogP contribution is 2.19. The lowest BCUT2D eigenvalue weighted by Crippen LogP contribution is -1.97. The lowest BCUT2D eigenvalue weighted by atomic mass is 10.2. The van der Waals surface area contributed by atoms with Crippen LogP contribution in [-0.2, 0) is 0 Å². The smallest absolute Gasteiger partial charge is 0.155 e. The molecule has 0 atom stereocenters. The minimum atomic E-state index is 0.333. The van der Waals surface area contributed by atoms with Gasteiger partial charge >= 0.3 is 0 Å². The molecule has 0 bridgehead atoms. The Morgan fingerprint density at radius 2 is 2.36 bits per heavy atom. The summed E-state index contributed by atoms with van der Waals surface area (Å²) in [6, 6.07) is 0. The quantitative estimate of drug-likeness (QED) is 0.626. The minimum absolute atomic E-state index is 0.333. The molecule has 2 N–H and O–H groups in total. The molecule has 1 aromatic heterocycles. The Balaban J connectivity index is 3.24. The van der Waals surface area contributed by atoms with Crippen LogP contribution in [0.1, 0.15) is 10.4 Å². The van der Waals surface area contributed by atoms with Crippen molar-refractivity contribution in [3.8, 4) is 5.75 Å². The van der Waals surface area contributed by atoms with Gasteiger partial charge in [-0.05, 0) is 0 Å². The van der Waals surface area contributed by atoms with E-state index < -0.39 is 0 Å². The van der Waals surface area contributed by atoms with Gasteiger partial charge in [0.05, 0.1) is 30.8 Å². The minimum Gasteiger partial charge on any atom is -0.494 e. The summed E-state index contributed by atoms with van der Waals surface area (Å²) in [5.74, 6) is 0.403. The summed E-state index contributed by atoms with van der Waals surface area (Å²) in [4.78, 5) is 14.2. The fraction of sp³-hybridized carbons (Fsp3) is 0.143. The standard InChI is InChI=1S/C7H8N2O2/c1-11-7-3-9-2-6(8)5(7)4-10/h2-4H,8H2,1H3. The summed E-state index contributed by atoms with van der Waals surface area (Å²) in [6.07, 6.45) is 3.50. The normalized spacial score (nSPS) is 9.18. The van der Waals surface area contributed by atoms with Crippen LogP contribution >= 0.6 is 0 Å². The van der Waals surface area contributed by atoms with Crippen LogP contribution in [-0.4, -0.2) is 18.4 Å². The van der Waals surface area contributed by atoms with Gasteiger partial charge in [0.25, 0.3) is 0 Å². The van der Waals surface area contributed by atoms with E-state index in [1.807, 2.05) is 0 Å². The lowest BCUT2D eigenvalue weighted by Gasteiger charge is -2.03. The number of rotatable bonds is 2. The molecule has 0 aromatic carbocycles. The van der Waals surface area contributed by atoms with Gasteiger partial charge in [0.2, 0.25) is 0 Å². The number of aldehydes is 1. The number of nitrogen functional groups attached to an aromatic ring is 1. The molecular formula is C7H8N2O2. The second-order valence-electron chi connectivity index (χ2n) is 1.96. The zero-order valence-corrected chi connectivity index (χ0v) is 6.07. The molecule has 0 saturated carbocycles. The number of carbonyl (C=O) groups excluding carboxylic acids is 1. The first kappa shape index (κ1) is 7.53. The molecule has 0 fully saturated rings. The average Bonchev–Trinajstić information content (AvgIpc) is 2.04. The number of pyridine rings is 1. The summed E-state index contributed by atoms with van der Waals surface area (Å²) in [5, 5.41) is 0. The van der Waals surface area contributed by atoms with Crippen molar-refractivity contribution in [1.29, 1.82) is 0 Å². The summed E-state index contributed by atoms with van der Waals surface area (Å²) >= 11 is 0. The van der Waals surface area contributed by atoms with Crippen molar-refractivity contribution in [3.05, 3.63) is 18.0 Å². The molecule has 0 aliphatic carbocycles. The van der Waals surface area contributed by atoms with Gasteiger partial charge in [0.1, 0.15) is 5.75 Å². The van der Waals surface area contributed by atoms with Gasteiger partial charge in [-0.1, -0.05) is 0 Å². The topological polar surface area (TPSA) is 65.2 Å². The molecule has 4 nitrogen and oxygen atoms in total. The van der Waals surface area contributed by atoms with E-state index in [1.165, 1.54) is 19.5 Å². The van der Waals surface area contributed by atoms with Crippen LogP contribution < -0.4 is 10.5 Å². The number of anilines is 1. The summed E-state index contributed by atoms with van der Waals surface area (Å²) in [6.45, 7) is 0. The Hall–Kier alpha value is -1.58. The van der Waals surface area contributed by atoms with Crippen molar-refractivity contribution in [2.75, 3.05) is 12.8 Å². The predicted octanol–water partition coefficient (Wildman–Crippen LogP) is 0.485. The number of hydrogen-bond donors (Lipinski definition) is 1. The van der Waals surface area contributed by atoms with E-state index in [0.717, 1.165) is 0 Å². The number of ether oxygens (including phenoxy) is 1. The van der Waals surface area contributed by atoms with E-state index in [-0.39, 0.29) is 0 Å². The van der Waals surface area contributed by atoms with Gasteiger partial charge in [-0.15, -0.1) is 0 Å². The summed E-state index contributed by atoms with van der Waals surface area (Å²) in [7, 11) is 1.46. The Morgan fingerprint density at radius 3 is 2.82 bits per heavy atom. The van der Waals surface area contributed by atoms with Gasteiger partial charge in [-0.3, -0.25) is 9.78 Å². The first-order valence-electron chi connectivity index (χ1n) is 3.02. The van der Waals surface area contributed by atoms with E-state index in [9.17, 15) is 4.79 Å². The van der Waals surface area contributed by atoms with Crippen LogP contribution in [0, 0.1) is 0 Å². The summed E-state index contributed by atoms with van der Waals surface area (Å²) in [5.41, 5.74) is 6.12. The summed E-state index contributed by atoms with van der Waals surface area (Å²) < 4.78 is 4.84. The van der Waals surface area contributed by atoms with E-state index in [4.69, 9.17) is 10.5 Å². The van der Waals surface area contributed by atoms with Crippen LogP contribution in [0.2, 0.25) is 0 Å². The maximum absolute atomic E-state index is 10.4. The molecule has 11 heavy (non-hydrogen) atoms. The number of nitrogens with two attached hydrogens (primary N) is 1. The van der Waals surface area contributed by atoms with Crippen molar-refractivity contribution >= 4 is 12.0 Å². The molecule has 0 aliphatic rings. The number of methoxy groups -OCH3 is 1. The van der Waals surface area contributed by atoms with Crippen LogP contribution in [0.15, 0.2) is 12.4 Å². The molecular weight excluding hydrogens is 144 g/mol. The number of hydrogen-bond acceptors (Lipinski definition) is 4. The fourth-order valence-electron chi connectivity index (χ4n) is 0.755. The second kappa shape index (κ2) is 3.01. The molecule has 1 aromatic rings. The predicted molar refractivity (Wildman–Crippen MR) is 40.6 cm³/mol. The first-order chi connectivity index (χ1) is 5.29. The molecule has 0 spiro atoms. The molecule has 0 radical (unpaired) electrons. The van der Waals surface area contributed by atoms with Gasteiger partial charge in [0, 0.05) is 0 Å². The Labute approximate surface area is 64.0 Å². The highest BCUT2D eigenvalue weighted by atomic mass is 16.5. The SMILES string of the molecule is COc1cncc(N)c1C=O. The zero-order valence-electron chi connectivity index (χ0n) is 6.07. The molecule has 0 saturated heterocycles. The third-order valence-corrected chi connectivity index (χ3v) is 1.32. The maximum atomic E-state index is 10.4. The maximum Gasteiger partial charge on any atom is 0.155 e. The van der Waals surface area contributed by atoms with Crippen LogP contribution in [0.3, 0.4) is 0 Å². The van der Waals surface area contributed by atoms with Crippen LogP contribution in [0.4, 0.5) is 5.69 Å². The molecule has 1 heterocycles. The largest absolute Gasteiger partial charge is 0.494 e. The monoisotopic (exact) mass is 152 g/mol. The van der Waals surface area contributed by atoms with Gasteiger partial charge in [0.15, 0.2) is 6.29 Å². The molecule has 4 heteroatoms. The molecule has 0 amide bonds. The van der Waals surface area contributed by atoms with Crippen LogP contribution in [0.5, 0.6) is 5.75 Å². The Kier molecular flexibility index (Phi) is 2.06. The van der Waals surface area contributed by atoms with Gasteiger partial charge in [-0.25, -0.2) is 0 Å². The van der Waals surface area contributed by atoms with Crippen molar-refractivity contribution in [2.24, 2.45) is 0 Å². The van der Waals surface area contributed by atoms with E-state index in [2.05, 4.69) is 4.98 Å². The number of aromatic nitrogens is 1. The molecule has 58 valence electrons. The lowest BCUT2D eigenvalue weighted by molar-refractivity contribution is 0.112. The van der Waals surface area contributed by atoms with E-state index >= 15 is 0 Å². The third kappa shape index (κ3) is 1.29. The van der Waals surface area contributed by atoms with Gasteiger partial charge < -0.3 is 10.5 Å². The highest BCUT2D eigenvalue weighted by molar-refractivity contribution is 5.86. The number of carbonyl (C=O) groups is 1. The van der Waals surface area contributed by atoms with Crippen molar-refractivity contribution in [1.82, 2.24) is 4.98 Å². The Bertz CT molecular complexity index is 273. The van der Waals surface area contributed by atoms with Crippen molar-refractivity contribution < 1.29 is 9.53 Å². The average molecular weight is 152 g/mol. The third-order valence-electron chi connectivity index (χ3n) is 1.32.